The van der Waals surface area contributed by atoms with E-state index in [0.717, 1.165) is 0 Å². The normalized spacial score (nSPS) is 12.0. The average molecular weight is 329 g/mol. The van der Waals surface area contributed by atoms with Crippen molar-refractivity contribution in [1.82, 2.24) is 0 Å². The molecule has 2 aromatic carbocycles. The fraction of sp³-hybridized carbons (Fsp3) is 0.143. The van der Waals surface area contributed by atoms with E-state index in [1.807, 2.05) is 6.92 Å². The molecule has 0 aliphatic carbocycles. The van der Waals surface area contributed by atoms with Gasteiger partial charge in [-0.3, -0.25) is 10.1 Å². The number of nitro benzene ring substituents is 1. The van der Waals surface area contributed by atoms with Crippen LogP contribution in [0.5, 0.6) is 0 Å². The van der Waals surface area contributed by atoms with Gasteiger partial charge in [0.2, 0.25) is 0 Å². The lowest BCUT2D eigenvalue weighted by Crippen LogP contribution is -2.07. The molecule has 1 unspecified atom stereocenters. The maximum absolute atomic E-state index is 13.4. The summed E-state index contributed by atoms with van der Waals surface area (Å²) in [7, 11) is 0. The molecule has 0 amide bonds. The van der Waals surface area contributed by atoms with Crippen LogP contribution >= 0.6 is 23.2 Å². The summed E-state index contributed by atoms with van der Waals surface area (Å²) < 4.78 is 13.4. The van der Waals surface area contributed by atoms with Crippen LogP contribution in [0.3, 0.4) is 0 Å². The van der Waals surface area contributed by atoms with Crippen molar-refractivity contribution in [1.29, 1.82) is 0 Å². The number of nitrogens with one attached hydrogen (secondary N) is 1. The van der Waals surface area contributed by atoms with E-state index < -0.39 is 10.7 Å². The molecule has 0 radical (unpaired) electrons. The first-order valence-electron chi connectivity index (χ1n) is 6.04. The Balaban J connectivity index is 2.23. The first-order valence-corrected chi connectivity index (χ1v) is 6.79. The van der Waals surface area contributed by atoms with Gasteiger partial charge in [0, 0.05) is 17.8 Å². The number of anilines is 1. The molecule has 0 heterocycles. The lowest BCUT2D eigenvalue weighted by atomic mass is 10.1. The molecule has 0 saturated heterocycles. The van der Waals surface area contributed by atoms with Gasteiger partial charge in [-0.05, 0) is 36.8 Å². The lowest BCUT2D eigenvalue weighted by Gasteiger charge is -2.16. The van der Waals surface area contributed by atoms with Crippen molar-refractivity contribution in [3.63, 3.8) is 0 Å². The Morgan fingerprint density at radius 2 is 1.86 bits per heavy atom. The van der Waals surface area contributed by atoms with E-state index in [9.17, 15) is 14.5 Å². The first-order chi connectivity index (χ1) is 9.88. The number of hydrogen-bond donors (Lipinski definition) is 1. The number of nitro groups is 1. The summed E-state index contributed by atoms with van der Waals surface area (Å²) in [5.41, 5.74) is 1.01. The molecule has 0 aliphatic heterocycles. The molecule has 0 aliphatic rings. The lowest BCUT2D eigenvalue weighted by molar-refractivity contribution is -0.384. The third kappa shape index (κ3) is 3.62. The van der Waals surface area contributed by atoms with Gasteiger partial charge in [-0.25, -0.2) is 4.39 Å². The Morgan fingerprint density at radius 1 is 1.19 bits per heavy atom. The Bertz CT molecular complexity index is 695. The summed E-state index contributed by atoms with van der Waals surface area (Å²) in [6.07, 6.45) is 0. The Hall–Kier alpha value is -1.85. The molecule has 4 nitrogen and oxygen atoms in total. The molecule has 0 bridgehead atoms. The standard InChI is InChI=1S/C14H11Cl2FN2O2/c1-8(9-2-4-11(15)13(17)6-9)18-10-3-5-12(16)14(7-10)19(20)21/h2-8,18H,1H3. The van der Waals surface area contributed by atoms with Crippen LogP contribution in [0.1, 0.15) is 18.5 Å². The van der Waals surface area contributed by atoms with E-state index in [0.29, 0.717) is 11.3 Å². The second-order valence-corrected chi connectivity index (χ2v) is 5.28. The van der Waals surface area contributed by atoms with Crippen LogP contribution in [-0.2, 0) is 0 Å². The van der Waals surface area contributed by atoms with E-state index in [2.05, 4.69) is 5.32 Å². The van der Waals surface area contributed by atoms with E-state index >= 15 is 0 Å². The van der Waals surface area contributed by atoms with E-state index in [1.165, 1.54) is 24.3 Å². The van der Waals surface area contributed by atoms with Crippen LogP contribution in [0.2, 0.25) is 10.0 Å². The molecule has 2 aromatic rings. The van der Waals surface area contributed by atoms with Crippen molar-refractivity contribution in [2.45, 2.75) is 13.0 Å². The van der Waals surface area contributed by atoms with Gasteiger partial charge in [0.1, 0.15) is 10.8 Å². The fourth-order valence-electron chi connectivity index (χ4n) is 1.86. The van der Waals surface area contributed by atoms with Crippen molar-refractivity contribution in [2.24, 2.45) is 0 Å². The van der Waals surface area contributed by atoms with Crippen LogP contribution in [0.25, 0.3) is 0 Å². The number of nitrogens with zero attached hydrogens (tertiary/aromatic N) is 1. The third-order valence-corrected chi connectivity index (χ3v) is 3.60. The zero-order valence-electron chi connectivity index (χ0n) is 10.9. The number of hydrogen-bond acceptors (Lipinski definition) is 3. The molecule has 1 atom stereocenters. The van der Waals surface area contributed by atoms with Crippen LogP contribution in [-0.4, -0.2) is 4.92 Å². The maximum atomic E-state index is 13.4. The summed E-state index contributed by atoms with van der Waals surface area (Å²) >= 11 is 11.4. The highest BCUT2D eigenvalue weighted by Gasteiger charge is 2.14. The highest BCUT2D eigenvalue weighted by Crippen LogP contribution is 2.29. The number of benzene rings is 2. The van der Waals surface area contributed by atoms with E-state index in [1.54, 1.807) is 12.1 Å². The predicted molar refractivity (Wildman–Crippen MR) is 81.6 cm³/mol. The first kappa shape index (κ1) is 15.5. The monoisotopic (exact) mass is 328 g/mol. The quantitative estimate of drug-likeness (QED) is 0.618. The van der Waals surface area contributed by atoms with Gasteiger partial charge in [-0.2, -0.15) is 0 Å². The summed E-state index contributed by atoms with van der Waals surface area (Å²) in [5, 5.41) is 14.0. The van der Waals surface area contributed by atoms with Crippen LogP contribution in [0, 0.1) is 15.9 Å². The van der Waals surface area contributed by atoms with Gasteiger partial charge in [0.25, 0.3) is 5.69 Å². The Morgan fingerprint density at radius 3 is 2.48 bits per heavy atom. The average Bonchev–Trinajstić information content (AvgIpc) is 2.43. The number of halogens is 3. The highest BCUT2D eigenvalue weighted by molar-refractivity contribution is 6.32. The summed E-state index contributed by atoms with van der Waals surface area (Å²) in [6.45, 7) is 1.81. The predicted octanol–water partition coefficient (Wildman–Crippen LogP) is 5.21. The van der Waals surface area contributed by atoms with Crippen LogP contribution < -0.4 is 5.32 Å². The molecule has 2 rings (SSSR count). The van der Waals surface area contributed by atoms with Crippen molar-refractivity contribution >= 4 is 34.6 Å². The molecule has 0 aromatic heterocycles. The molecular weight excluding hydrogens is 318 g/mol. The molecule has 7 heteroatoms. The van der Waals surface area contributed by atoms with E-state index in [4.69, 9.17) is 23.2 Å². The molecule has 21 heavy (non-hydrogen) atoms. The molecule has 1 N–H and O–H groups in total. The molecule has 110 valence electrons. The van der Waals surface area contributed by atoms with Gasteiger partial charge in [0.05, 0.1) is 9.95 Å². The maximum Gasteiger partial charge on any atom is 0.289 e. The molecule has 0 fully saturated rings. The van der Waals surface area contributed by atoms with Crippen molar-refractivity contribution in [3.05, 3.63) is 67.9 Å². The SMILES string of the molecule is CC(Nc1ccc(Cl)c([N+](=O)[O-])c1)c1ccc(Cl)c(F)c1. The van der Waals surface area contributed by atoms with Gasteiger partial charge in [-0.15, -0.1) is 0 Å². The zero-order valence-corrected chi connectivity index (χ0v) is 12.5. The summed E-state index contributed by atoms with van der Waals surface area (Å²) in [4.78, 5) is 10.3. The Labute approximate surface area is 130 Å². The molecular formula is C14H11Cl2FN2O2. The smallest absolute Gasteiger partial charge is 0.289 e. The minimum atomic E-state index is -0.555. The van der Waals surface area contributed by atoms with Crippen LogP contribution in [0.15, 0.2) is 36.4 Å². The fourth-order valence-corrected chi connectivity index (χ4v) is 2.16. The topological polar surface area (TPSA) is 55.2 Å². The van der Waals surface area contributed by atoms with Gasteiger partial charge < -0.3 is 5.32 Å². The van der Waals surface area contributed by atoms with Gasteiger partial charge >= 0.3 is 0 Å². The third-order valence-electron chi connectivity index (χ3n) is 2.97. The second kappa shape index (κ2) is 6.28. The minimum absolute atomic E-state index is 0.0491. The molecule has 0 spiro atoms. The Kier molecular flexibility index (Phi) is 4.65. The van der Waals surface area contributed by atoms with Crippen molar-refractivity contribution in [2.75, 3.05) is 5.32 Å². The number of rotatable bonds is 4. The largest absolute Gasteiger partial charge is 0.378 e. The van der Waals surface area contributed by atoms with Gasteiger partial charge in [-0.1, -0.05) is 29.3 Å². The summed E-state index contributed by atoms with van der Waals surface area (Å²) in [5.74, 6) is -0.509. The highest BCUT2D eigenvalue weighted by atomic mass is 35.5. The van der Waals surface area contributed by atoms with Crippen molar-refractivity contribution < 1.29 is 9.31 Å². The van der Waals surface area contributed by atoms with Crippen molar-refractivity contribution in [3.8, 4) is 0 Å². The van der Waals surface area contributed by atoms with Crippen LogP contribution in [0.4, 0.5) is 15.8 Å². The molecule has 0 saturated carbocycles. The minimum Gasteiger partial charge on any atom is -0.378 e. The van der Waals surface area contributed by atoms with E-state index in [-0.39, 0.29) is 21.8 Å². The summed E-state index contributed by atoms with van der Waals surface area (Å²) in [6, 6.07) is 8.63. The zero-order chi connectivity index (χ0) is 15.6. The van der Waals surface area contributed by atoms with Gasteiger partial charge in [0.15, 0.2) is 0 Å². The second-order valence-electron chi connectivity index (χ2n) is 4.46.